The molecule has 51 heavy (non-hydrogen) atoms. The van der Waals surface area contributed by atoms with Crippen molar-refractivity contribution in [2.75, 3.05) is 24.7 Å². The van der Waals surface area contributed by atoms with Gasteiger partial charge in [0.25, 0.3) is 11.8 Å². The van der Waals surface area contributed by atoms with E-state index < -0.39 is 9.68 Å². The number of hydrogen-bond acceptors (Lipinski definition) is 7. The van der Waals surface area contributed by atoms with Crippen molar-refractivity contribution in [2.45, 2.75) is 72.4 Å². The molecule has 1 atom stereocenters. The molecule has 266 valence electrons. The van der Waals surface area contributed by atoms with Gasteiger partial charge < -0.3 is 24.4 Å². The van der Waals surface area contributed by atoms with E-state index in [0.29, 0.717) is 43.0 Å². The minimum Gasteiger partial charge on any atom is -0.411 e. The van der Waals surface area contributed by atoms with Gasteiger partial charge in [-0.1, -0.05) is 86.4 Å². The van der Waals surface area contributed by atoms with Crippen LogP contribution in [0, 0.1) is 13.8 Å². The molecule has 0 fully saturated rings. The molecular formula is C40H48N6O4Si. The molecule has 0 spiro atoms. The van der Waals surface area contributed by atoms with E-state index in [1.807, 2.05) is 91.5 Å². The van der Waals surface area contributed by atoms with E-state index in [2.05, 4.69) is 30.1 Å². The number of rotatable bonds is 14. The van der Waals surface area contributed by atoms with E-state index in [4.69, 9.17) is 9.62 Å². The van der Waals surface area contributed by atoms with Gasteiger partial charge in [-0.3, -0.25) is 9.59 Å². The summed E-state index contributed by atoms with van der Waals surface area (Å²) in [5.41, 5.74) is 6.96. The lowest BCUT2D eigenvalue weighted by Gasteiger charge is -2.36. The molecular weight excluding hydrogens is 657 g/mol. The number of aliphatic hydroxyl groups excluding tert-OH is 1. The number of anilines is 1. The zero-order chi connectivity index (χ0) is 35.9. The van der Waals surface area contributed by atoms with Crippen LogP contribution >= 0.6 is 0 Å². The molecule has 0 radical (unpaired) electrons. The number of carbonyl (C=O) groups is 2. The summed E-state index contributed by atoms with van der Waals surface area (Å²) in [6.07, 6.45) is 4.42. The lowest BCUT2D eigenvalue weighted by Crippen LogP contribution is -2.46. The quantitative estimate of drug-likeness (QED) is 0.145. The third-order valence-corrected chi connectivity index (χ3v) is 11.5. The largest absolute Gasteiger partial charge is 0.411 e. The molecule has 0 bridgehead atoms. The average molecular weight is 705 g/mol. The molecule has 2 N–H and O–H groups in total. The van der Waals surface area contributed by atoms with E-state index in [1.165, 1.54) is 0 Å². The van der Waals surface area contributed by atoms with Crippen molar-refractivity contribution < 1.29 is 19.2 Å². The number of amides is 2. The first kappa shape index (κ1) is 35.8. The number of nitrogens with one attached hydrogen (secondary N) is 1. The molecule has 0 saturated carbocycles. The van der Waals surface area contributed by atoms with Crippen molar-refractivity contribution in [3.05, 3.63) is 113 Å². The van der Waals surface area contributed by atoms with E-state index >= 15 is 0 Å². The van der Waals surface area contributed by atoms with Gasteiger partial charge in [-0.2, -0.15) is 5.10 Å². The van der Waals surface area contributed by atoms with Crippen LogP contribution in [-0.2, 0) is 13.0 Å². The Hall–Kier alpha value is -5.00. The summed E-state index contributed by atoms with van der Waals surface area (Å²) in [7, 11) is -1.14. The molecule has 0 aliphatic carbocycles. The molecule has 1 unspecified atom stereocenters. The number of aromatic nitrogens is 3. The third kappa shape index (κ3) is 7.84. The summed E-state index contributed by atoms with van der Waals surface area (Å²) in [4.78, 5) is 35.8. The zero-order valence-electron chi connectivity index (χ0n) is 30.1. The molecule has 5 aromatic rings. The Kier molecular flexibility index (Phi) is 11.5. The van der Waals surface area contributed by atoms with Crippen molar-refractivity contribution in [3.8, 4) is 16.9 Å². The molecule has 0 saturated heterocycles. The molecule has 1 aliphatic heterocycles. The standard InChI is InChI=1S/C40H48N6O4Si/c1-5-7-20-44(21-8-6-2)40(49)35-22-27(3)46(41-35)36-19-18-32(43-51-38-28(4)50-42-37(38)29-14-10-9-11-15-29)24-34(36)39(48)45-25-31-17-13-12-16-30(31)23-33(45)26-47/h9-19,22,24,33,43,47H,5-8,20-21,23,25-26,51H2,1-4H3. The maximum atomic E-state index is 14.7. The van der Waals surface area contributed by atoms with E-state index in [9.17, 15) is 14.7 Å². The highest BCUT2D eigenvalue weighted by atomic mass is 28.2. The predicted molar refractivity (Wildman–Crippen MR) is 203 cm³/mol. The van der Waals surface area contributed by atoms with Gasteiger partial charge in [-0.15, -0.1) is 0 Å². The Morgan fingerprint density at radius 1 is 0.961 bits per heavy atom. The molecule has 3 aromatic carbocycles. The van der Waals surface area contributed by atoms with Gasteiger partial charge in [0, 0.05) is 41.8 Å². The summed E-state index contributed by atoms with van der Waals surface area (Å²) >= 11 is 0. The predicted octanol–water partition coefficient (Wildman–Crippen LogP) is 5.57. The Morgan fingerprint density at radius 2 is 1.67 bits per heavy atom. The van der Waals surface area contributed by atoms with E-state index in [1.54, 1.807) is 9.58 Å². The van der Waals surface area contributed by atoms with Gasteiger partial charge in [0.2, 0.25) is 0 Å². The maximum Gasteiger partial charge on any atom is 0.274 e. The number of aryl methyl sites for hydroxylation is 2. The minimum atomic E-state index is -1.14. The minimum absolute atomic E-state index is 0.0952. The van der Waals surface area contributed by atoms with Crippen LogP contribution in [0.5, 0.6) is 0 Å². The van der Waals surface area contributed by atoms with Gasteiger partial charge in [-0.05, 0) is 68.5 Å². The van der Waals surface area contributed by atoms with Crippen LogP contribution in [0.2, 0.25) is 0 Å². The van der Waals surface area contributed by atoms with Gasteiger partial charge >= 0.3 is 0 Å². The van der Waals surface area contributed by atoms with Gasteiger partial charge in [0.1, 0.15) is 11.5 Å². The molecule has 3 heterocycles. The monoisotopic (exact) mass is 704 g/mol. The average Bonchev–Trinajstić information content (AvgIpc) is 3.74. The van der Waals surface area contributed by atoms with Crippen LogP contribution in [0.15, 0.2) is 83.4 Å². The number of fused-ring (bicyclic) bond motifs is 1. The smallest absolute Gasteiger partial charge is 0.274 e. The SMILES string of the molecule is CCCCN(CCCC)C(=O)c1cc(C)n(-c2ccc(N[SiH2]c3c(-c4ccccc4)noc3C)cc2C(=O)N2Cc3ccccc3CC2CO)n1. The second-order valence-electron chi connectivity index (χ2n) is 13.3. The summed E-state index contributed by atoms with van der Waals surface area (Å²) < 4.78 is 7.33. The third-order valence-electron chi connectivity index (χ3n) is 9.74. The van der Waals surface area contributed by atoms with Gasteiger partial charge in [0.05, 0.1) is 23.9 Å². The van der Waals surface area contributed by atoms with Crippen molar-refractivity contribution in [1.82, 2.24) is 24.7 Å². The summed E-state index contributed by atoms with van der Waals surface area (Å²) in [6, 6.07) is 25.2. The summed E-state index contributed by atoms with van der Waals surface area (Å²) in [6.45, 7) is 9.69. The lowest BCUT2D eigenvalue weighted by molar-refractivity contribution is 0.0544. The Morgan fingerprint density at radius 3 is 2.37 bits per heavy atom. The Bertz CT molecular complexity index is 1960. The highest BCUT2D eigenvalue weighted by Gasteiger charge is 2.32. The first-order valence-corrected chi connectivity index (χ1v) is 19.5. The molecule has 2 aromatic heterocycles. The van der Waals surface area contributed by atoms with Crippen LogP contribution in [-0.4, -0.2) is 77.1 Å². The normalized spacial score (nSPS) is 14.2. The molecule has 6 rings (SSSR count). The van der Waals surface area contributed by atoms with Crippen molar-refractivity contribution in [3.63, 3.8) is 0 Å². The highest BCUT2D eigenvalue weighted by molar-refractivity contribution is 6.59. The van der Waals surface area contributed by atoms with Crippen LogP contribution in [0.25, 0.3) is 16.9 Å². The highest BCUT2D eigenvalue weighted by Crippen LogP contribution is 2.29. The fourth-order valence-electron chi connectivity index (χ4n) is 6.76. The van der Waals surface area contributed by atoms with E-state index in [-0.39, 0.29) is 24.5 Å². The Balaban J connectivity index is 1.37. The van der Waals surface area contributed by atoms with Crippen LogP contribution < -0.4 is 10.2 Å². The maximum absolute atomic E-state index is 14.7. The van der Waals surface area contributed by atoms with Crippen molar-refractivity contribution in [2.24, 2.45) is 0 Å². The number of unbranched alkanes of at least 4 members (excludes halogenated alkanes) is 2. The van der Waals surface area contributed by atoms with E-state index in [0.717, 1.165) is 70.4 Å². The first-order chi connectivity index (χ1) is 24.8. The molecule has 11 heteroatoms. The van der Waals surface area contributed by atoms with Gasteiger partial charge in [-0.25, -0.2) is 4.68 Å². The number of carbonyl (C=O) groups excluding carboxylic acids is 2. The second kappa shape index (κ2) is 16.3. The molecule has 10 nitrogen and oxygen atoms in total. The number of hydrogen-bond donors (Lipinski definition) is 2. The zero-order valence-corrected chi connectivity index (χ0v) is 31.5. The molecule has 2 amide bonds. The van der Waals surface area contributed by atoms with Crippen LogP contribution in [0.1, 0.15) is 83.0 Å². The first-order valence-electron chi connectivity index (χ1n) is 18.1. The number of nitrogens with zero attached hydrogens (tertiary/aromatic N) is 5. The fraction of sp³-hybridized carbons (Fsp3) is 0.350. The second-order valence-corrected chi connectivity index (χ2v) is 14.8. The van der Waals surface area contributed by atoms with Crippen molar-refractivity contribution in [1.29, 1.82) is 0 Å². The summed E-state index contributed by atoms with van der Waals surface area (Å²) in [5.74, 6) is 0.475. The number of aliphatic hydroxyl groups is 1. The fourth-order valence-corrected chi connectivity index (χ4v) is 8.11. The number of benzene rings is 3. The van der Waals surface area contributed by atoms with Crippen LogP contribution in [0.3, 0.4) is 0 Å². The van der Waals surface area contributed by atoms with Crippen LogP contribution in [0.4, 0.5) is 5.69 Å². The van der Waals surface area contributed by atoms with Gasteiger partial charge in [0.15, 0.2) is 15.4 Å². The molecule has 1 aliphatic rings. The van der Waals surface area contributed by atoms with Crippen molar-refractivity contribution >= 4 is 32.4 Å². The topological polar surface area (TPSA) is 117 Å². The summed E-state index contributed by atoms with van der Waals surface area (Å²) in [5, 5.41) is 20.7. The Labute approximate surface area is 302 Å². The lowest BCUT2D eigenvalue weighted by atomic mass is 9.93.